The number of benzene rings is 1. The Morgan fingerprint density at radius 1 is 1.33 bits per heavy atom. The van der Waals surface area contributed by atoms with Crippen LogP contribution in [0, 0.1) is 5.92 Å². The van der Waals surface area contributed by atoms with Crippen molar-refractivity contribution < 1.29 is 14.4 Å². The first-order valence-electron chi connectivity index (χ1n) is 8.91. The minimum Gasteiger partial charge on any atom is -0.391 e. The van der Waals surface area contributed by atoms with Crippen molar-refractivity contribution >= 4 is 16.8 Å². The third-order valence-corrected chi connectivity index (χ3v) is 4.96. The van der Waals surface area contributed by atoms with Crippen molar-refractivity contribution in [1.82, 2.24) is 25.3 Å². The van der Waals surface area contributed by atoms with Crippen molar-refractivity contribution in [2.75, 3.05) is 20.1 Å². The average Bonchev–Trinajstić information content (AvgIpc) is 3.28. The molecule has 2 aromatic heterocycles. The number of rotatable bonds is 5. The summed E-state index contributed by atoms with van der Waals surface area (Å²) in [6.45, 7) is 1.66. The Balaban J connectivity index is 1.44. The lowest BCUT2D eigenvalue weighted by molar-refractivity contribution is 0.0950. The summed E-state index contributed by atoms with van der Waals surface area (Å²) < 4.78 is 5.14. The van der Waals surface area contributed by atoms with E-state index in [1.165, 1.54) is 12.6 Å². The lowest BCUT2D eigenvalue weighted by Crippen LogP contribution is -2.22. The van der Waals surface area contributed by atoms with Gasteiger partial charge in [0.15, 0.2) is 0 Å². The molecule has 1 amide bonds. The predicted octanol–water partition coefficient (Wildman–Crippen LogP) is 1.01. The van der Waals surface area contributed by atoms with Gasteiger partial charge in [-0.05, 0) is 24.1 Å². The number of pyridine rings is 1. The van der Waals surface area contributed by atoms with Gasteiger partial charge in [0.25, 0.3) is 11.7 Å². The van der Waals surface area contributed by atoms with Crippen LogP contribution in [0.25, 0.3) is 10.9 Å². The van der Waals surface area contributed by atoms with Crippen LogP contribution in [0.3, 0.4) is 0 Å². The Morgan fingerprint density at radius 2 is 2.19 bits per heavy atom. The van der Waals surface area contributed by atoms with Crippen LogP contribution in [0.4, 0.5) is 0 Å². The number of carbonyl (C=O) groups excluding carboxylic acids is 1. The third kappa shape index (κ3) is 3.67. The van der Waals surface area contributed by atoms with Crippen LogP contribution >= 0.6 is 0 Å². The second-order valence-electron chi connectivity index (χ2n) is 6.80. The van der Waals surface area contributed by atoms with Gasteiger partial charge in [-0.2, -0.15) is 4.98 Å². The Labute approximate surface area is 156 Å². The summed E-state index contributed by atoms with van der Waals surface area (Å²) in [5.41, 5.74) is 2.15. The van der Waals surface area contributed by atoms with Gasteiger partial charge in [0.2, 0.25) is 5.89 Å². The predicted molar refractivity (Wildman–Crippen MR) is 97.9 cm³/mol. The number of likely N-dealkylation sites (tertiary alicyclic amines) is 1. The van der Waals surface area contributed by atoms with Crippen molar-refractivity contribution in [1.29, 1.82) is 0 Å². The first kappa shape index (κ1) is 17.6. The number of hydrogen-bond donors (Lipinski definition) is 2. The molecule has 8 heteroatoms. The standard InChI is InChI=1S/C19H21N5O3/c1-20-19(26)18-22-17(27-23-18)11-24-9-13(16(25)10-24)8-12-6-7-21-15-5-3-2-4-14(12)15/h2-7,13,16,25H,8-11H2,1H3,(H,20,26)/t13-,16+/m1/s1. The fourth-order valence-electron chi connectivity index (χ4n) is 3.60. The van der Waals surface area contributed by atoms with Crippen LogP contribution in [0.1, 0.15) is 22.1 Å². The first-order valence-corrected chi connectivity index (χ1v) is 8.91. The summed E-state index contributed by atoms with van der Waals surface area (Å²) in [5, 5.41) is 17.8. The maximum Gasteiger partial charge on any atom is 0.292 e. The van der Waals surface area contributed by atoms with Crippen molar-refractivity contribution in [3.63, 3.8) is 0 Å². The number of nitrogens with zero attached hydrogens (tertiary/aromatic N) is 4. The number of carbonyl (C=O) groups is 1. The number of para-hydroxylation sites is 1. The van der Waals surface area contributed by atoms with Gasteiger partial charge in [-0.3, -0.25) is 14.7 Å². The average molecular weight is 367 g/mol. The van der Waals surface area contributed by atoms with E-state index in [9.17, 15) is 9.90 Å². The molecule has 1 aromatic carbocycles. The van der Waals surface area contributed by atoms with E-state index in [2.05, 4.69) is 31.4 Å². The second kappa shape index (κ2) is 7.42. The normalized spacial score (nSPS) is 20.2. The Morgan fingerprint density at radius 3 is 3.04 bits per heavy atom. The van der Waals surface area contributed by atoms with Gasteiger partial charge in [0.05, 0.1) is 18.2 Å². The third-order valence-electron chi connectivity index (χ3n) is 4.96. The summed E-state index contributed by atoms with van der Waals surface area (Å²) in [7, 11) is 1.52. The first-order chi connectivity index (χ1) is 13.1. The lowest BCUT2D eigenvalue weighted by Gasteiger charge is -2.15. The molecule has 1 aliphatic rings. The smallest absolute Gasteiger partial charge is 0.292 e. The lowest BCUT2D eigenvalue weighted by atomic mass is 9.94. The molecule has 0 spiro atoms. The summed E-state index contributed by atoms with van der Waals surface area (Å²) in [4.78, 5) is 22.1. The number of fused-ring (bicyclic) bond motifs is 1. The fraction of sp³-hybridized carbons (Fsp3) is 0.368. The number of aliphatic hydroxyl groups excluding tert-OH is 1. The van der Waals surface area contributed by atoms with Gasteiger partial charge < -0.3 is 14.9 Å². The van der Waals surface area contributed by atoms with E-state index in [0.717, 1.165) is 23.9 Å². The van der Waals surface area contributed by atoms with Gasteiger partial charge in [-0.25, -0.2) is 0 Å². The van der Waals surface area contributed by atoms with Gasteiger partial charge in [-0.15, -0.1) is 0 Å². The number of nitrogens with one attached hydrogen (secondary N) is 1. The maximum atomic E-state index is 11.5. The molecule has 1 saturated heterocycles. The highest BCUT2D eigenvalue weighted by atomic mass is 16.5. The van der Waals surface area contributed by atoms with Gasteiger partial charge in [0, 0.05) is 37.6 Å². The molecule has 3 aromatic rings. The number of β-amino-alcohol motifs (C(OH)–C–C–N with tert-alkyl or cyclic N) is 1. The van der Waals surface area contributed by atoms with E-state index in [1.54, 1.807) is 0 Å². The molecule has 4 rings (SSSR count). The molecule has 0 radical (unpaired) electrons. The second-order valence-corrected chi connectivity index (χ2v) is 6.80. The highest BCUT2D eigenvalue weighted by Crippen LogP contribution is 2.26. The van der Waals surface area contributed by atoms with Crippen LogP contribution in [-0.4, -0.2) is 57.3 Å². The van der Waals surface area contributed by atoms with E-state index in [0.29, 0.717) is 19.0 Å². The zero-order valence-corrected chi connectivity index (χ0v) is 15.0. The molecule has 0 unspecified atom stereocenters. The molecule has 0 saturated carbocycles. The van der Waals surface area contributed by atoms with Crippen molar-refractivity contribution in [2.45, 2.75) is 19.1 Å². The molecule has 27 heavy (non-hydrogen) atoms. The summed E-state index contributed by atoms with van der Waals surface area (Å²) in [6, 6.07) is 10.1. The Bertz CT molecular complexity index is 952. The SMILES string of the molecule is CNC(=O)c1noc(CN2C[C@@H](Cc3ccnc4ccccc34)[C@@H](O)C2)n1. The number of amides is 1. The van der Waals surface area contributed by atoms with Crippen molar-refractivity contribution in [3.05, 3.63) is 53.8 Å². The molecule has 3 heterocycles. The van der Waals surface area contributed by atoms with Crippen LogP contribution in [0.15, 0.2) is 41.1 Å². The van der Waals surface area contributed by atoms with Crippen molar-refractivity contribution in [3.8, 4) is 0 Å². The minimum atomic E-state index is -0.432. The minimum absolute atomic E-state index is 0.0204. The summed E-state index contributed by atoms with van der Waals surface area (Å²) in [6.07, 6.45) is 2.15. The molecule has 2 atom stereocenters. The van der Waals surface area contributed by atoms with Crippen LogP contribution < -0.4 is 5.32 Å². The van der Waals surface area contributed by atoms with Crippen molar-refractivity contribution in [2.24, 2.45) is 5.92 Å². The highest BCUT2D eigenvalue weighted by molar-refractivity contribution is 5.89. The van der Waals surface area contributed by atoms with Crippen LogP contribution in [0.5, 0.6) is 0 Å². The van der Waals surface area contributed by atoms with E-state index >= 15 is 0 Å². The quantitative estimate of drug-likeness (QED) is 0.693. The molecule has 8 nitrogen and oxygen atoms in total. The fourth-order valence-corrected chi connectivity index (χ4v) is 3.60. The Kier molecular flexibility index (Phi) is 4.83. The number of hydrogen-bond acceptors (Lipinski definition) is 7. The monoisotopic (exact) mass is 367 g/mol. The highest BCUT2D eigenvalue weighted by Gasteiger charge is 2.32. The van der Waals surface area contributed by atoms with E-state index in [4.69, 9.17) is 4.52 Å². The molecule has 2 N–H and O–H groups in total. The number of aromatic nitrogens is 3. The molecule has 140 valence electrons. The van der Waals surface area contributed by atoms with Crippen LogP contribution in [0.2, 0.25) is 0 Å². The molecule has 1 aliphatic heterocycles. The van der Waals surface area contributed by atoms with Gasteiger partial charge in [0.1, 0.15) is 0 Å². The molecule has 1 fully saturated rings. The van der Waals surface area contributed by atoms with Gasteiger partial charge >= 0.3 is 0 Å². The molecule has 0 aliphatic carbocycles. The largest absolute Gasteiger partial charge is 0.391 e. The van der Waals surface area contributed by atoms with E-state index < -0.39 is 6.10 Å². The van der Waals surface area contributed by atoms with Crippen LogP contribution in [-0.2, 0) is 13.0 Å². The zero-order chi connectivity index (χ0) is 18.8. The molecular weight excluding hydrogens is 346 g/mol. The zero-order valence-electron chi connectivity index (χ0n) is 15.0. The van der Waals surface area contributed by atoms with Gasteiger partial charge in [-0.1, -0.05) is 23.4 Å². The summed E-state index contributed by atoms with van der Waals surface area (Å²) in [5.74, 6) is 0.119. The Hall–Kier alpha value is -2.84. The molecular formula is C19H21N5O3. The van der Waals surface area contributed by atoms with E-state index in [-0.39, 0.29) is 17.6 Å². The van der Waals surface area contributed by atoms with E-state index in [1.807, 2.05) is 30.5 Å². The molecule has 0 bridgehead atoms. The maximum absolute atomic E-state index is 11.5. The summed E-state index contributed by atoms with van der Waals surface area (Å²) >= 11 is 0. The number of aliphatic hydroxyl groups is 1. The topological polar surface area (TPSA) is 104 Å².